The fourth-order valence-electron chi connectivity index (χ4n) is 2.28. The first-order valence-electron chi connectivity index (χ1n) is 8.26. The van der Waals surface area contributed by atoms with E-state index in [0.29, 0.717) is 12.1 Å². The average Bonchev–Trinajstić information content (AvgIpc) is 2.63. The minimum Gasteiger partial charge on any atom is -0.454 e. The highest BCUT2D eigenvalue weighted by Gasteiger charge is 2.17. The van der Waals surface area contributed by atoms with Gasteiger partial charge in [-0.15, -0.1) is 0 Å². The number of hydrogen-bond donors (Lipinski definition) is 2. The molecular weight excluding hydrogens is 384 g/mol. The van der Waals surface area contributed by atoms with E-state index < -0.39 is 28.4 Å². The van der Waals surface area contributed by atoms with E-state index in [1.165, 1.54) is 19.1 Å². The second kappa shape index (κ2) is 9.14. The fourth-order valence-corrected chi connectivity index (χ4v) is 2.85. The molecule has 0 atom stereocenters. The van der Waals surface area contributed by atoms with Crippen LogP contribution >= 0.6 is 0 Å². The Bertz CT molecular complexity index is 984. The van der Waals surface area contributed by atoms with Crippen LogP contribution in [0, 0.1) is 0 Å². The second-order valence-electron chi connectivity index (χ2n) is 6.03. The maximum Gasteiger partial charge on any atom is 0.340 e. The Morgan fingerprint density at radius 2 is 1.64 bits per heavy atom. The third-order valence-corrected chi connectivity index (χ3v) is 4.18. The number of anilines is 1. The third kappa shape index (κ3) is 6.51. The Morgan fingerprint density at radius 1 is 1.00 bits per heavy atom. The lowest BCUT2D eigenvalue weighted by molar-refractivity contribution is -0.119. The molecule has 9 heteroatoms. The number of sulfonamides is 1. The first kappa shape index (κ1) is 21.1. The van der Waals surface area contributed by atoms with Gasteiger partial charge in [0.15, 0.2) is 12.4 Å². The molecule has 0 unspecified atom stereocenters. The number of ether oxygens (including phenoxy) is 1. The van der Waals surface area contributed by atoms with E-state index in [-0.39, 0.29) is 17.2 Å². The summed E-state index contributed by atoms with van der Waals surface area (Å²) in [6, 6.07) is 12.5. The Kier molecular flexibility index (Phi) is 6.89. The lowest BCUT2D eigenvalue weighted by Gasteiger charge is -2.10. The first-order valence-corrected chi connectivity index (χ1v) is 10.2. The third-order valence-electron chi connectivity index (χ3n) is 3.59. The number of nitrogens with one attached hydrogen (secondary N) is 2. The van der Waals surface area contributed by atoms with Crippen molar-refractivity contribution in [3.05, 3.63) is 65.2 Å². The van der Waals surface area contributed by atoms with E-state index in [4.69, 9.17) is 4.74 Å². The van der Waals surface area contributed by atoms with E-state index in [9.17, 15) is 22.8 Å². The Hall–Kier alpha value is -3.20. The largest absolute Gasteiger partial charge is 0.454 e. The van der Waals surface area contributed by atoms with Crippen LogP contribution in [0.25, 0.3) is 0 Å². The molecule has 8 nitrogen and oxygen atoms in total. The van der Waals surface area contributed by atoms with Crippen molar-refractivity contribution in [2.75, 3.05) is 17.6 Å². The van der Waals surface area contributed by atoms with Gasteiger partial charge in [-0.05, 0) is 17.7 Å². The monoisotopic (exact) mass is 404 g/mol. The number of hydrogen-bond acceptors (Lipinski definition) is 6. The van der Waals surface area contributed by atoms with Gasteiger partial charge in [-0.1, -0.05) is 36.4 Å². The smallest absolute Gasteiger partial charge is 0.340 e. The summed E-state index contributed by atoms with van der Waals surface area (Å²) in [5.74, 6) is -1.38. The van der Waals surface area contributed by atoms with Crippen LogP contribution in [0.4, 0.5) is 5.69 Å². The zero-order chi connectivity index (χ0) is 20.7. The van der Waals surface area contributed by atoms with Crippen molar-refractivity contribution >= 4 is 33.4 Å². The standard InChI is InChI=1S/C19H20N2O6S/c1-13(22)20-11-14-7-9-15(10-8-14)18(23)12-27-19(24)16-5-3-4-6-17(16)21-28(2,25)26/h3-10,21H,11-12H2,1-2H3,(H,20,22). The number of carbonyl (C=O) groups is 3. The summed E-state index contributed by atoms with van der Waals surface area (Å²) in [6.07, 6.45) is 0.967. The van der Waals surface area contributed by atoms with Crippen LogP contribution in [-0.2, 0) is 26.1 Å². The molecule has 0 fully saturated rings. The lowest BCUT2D eigenvalue weighted by atomic mass is 10.1. The summed E-state index contributed by atoms with van der Waals surface area (Å²) in [5.41, 5.74) is 1.25. The number of ketones is 1. The van der Waals surface area contributed by atoms with Gasteiger partial charge in [0.05, 0.1) is 17.5 Å². The minimum atomic E-state index is -3.57. The Balaban J connectivity index is 1.99. The molecule has 0 heterocycles. The maximum atomic E-state index is 12.2. The van der Waals surface area contributed by atoms with E-state index >= 15 is 0 Å². The van der Waals surface area contributed by atoms with Crippen molar-refractivity contribution in [2.45, 2.75) is 13.5 Å². The highest BCUT2D eigenvalue weighted by molar-refractivity contribution is 7.92. The highest BCUT2D eigenvalue weighted by Crippen LogP contribution is 2.17. The van der Waals surface area contributed by atoms with Gasteiger partial charge in [0.1, 0.15) is 0 Å². The van der Waals surface area contributed by atoms with Gasteiger partial charge in [-0.2, -0.15) is 0 Å². The van der Waals surface area contributed by atoms with Crippen LogP contribution in [0.3, 0.4) is 0 Å². The van der Waals surface area contributed by atoms with Crippen LogP contribution in [0.5, 0.6) is 0 Å². The van der Waals surface area contributed by atoms with Crippen molar-refractivity contribution < 1.29 is 27.5 Å². The second-order valence-corrected chi connectivity index (χ2v) is 7.77. The van der Waals surface area contributed by atoms with Crippen molar-refractivity contribution in [1.29, 1.82) is 0 Å². The molecule has 0 aliphatic carbocycles. The molecular formula is C19H20N2O6S. The SMILES string of the molecule is CC(=O)NCc1ccc(C(=O)COC(=O)c2ccccc2NS(C)(=O)=O)cc1. The van der Waals surface area contributed by atoms with Gasteiger partial charge in [0.2, 0.25) is 15.9 Å². The molecule has 2 rings (SSSR count). The molecule has 2 N–H and O–H groups in total. The molecule has 28 heavy (non-hydrogen) atoms. The predicted octanol–water partition coefficient (Wildman–Crippen LogP) is 1.73. The van der Waals surface area contributed by atoms with Crippen LogP contribution in [-0.4, -0.2) is 38.9 Å². The maximum absolute atomic E-state index is 12.2. The Morgan fingerprint density at radius 3 is 2.25 bits per heavy atom. The molecule has 0 aliphatic rings. The van der Waals surface area contributed by atoms with Crippen molar-refractivity contribution in [3.8, 4) is 0 Å². The van der Waals surface area contributed by atoms with E-state index in [1.54, 1.807) is 36.4 Å². The average molecular weight is 404 g/mol. The highest BCUT2D eigenvalue weighted by atomic mass is 32.2. The normalized spacial score (nSPS) is 10.8. The molecule has 0 radical (unpaired) electrons. The van der Waals surface area contributed by atoms with Crippen molar-refractivity contribution in [3.63, 3.8) is 0 Å². The summed E-state index contributed by atoms with van der Waals surface area (Å²) < 4.78 is 30.1. The van der Waals surface area contributed by atoms with Gasteiger partial charge in [-0.3, -0.25) is 14.3 Å². The number of amides is 1. The van der Waals surface area contributed by atoms with Crippen LogP contribution < -0.4 is 10.0 Å². The number of carbonyl (C=O) groups excluding carboxylic acids is 3. The van der Waals surface area contributed by atoms with Crippen LogP contribution in [0.1, 0.15) is 33.2 Å². The minimum absolute atomic E-state index is 0.00591. The zero-order valence-corrected chi connectivity index (χ0v) is 16.2. The van der Waals surface area contributed by atoms with Crippen molar-refractivity contribution in [1.82, 2.24) is 5.32 Å². The lowest BCUT2D eigenvalue weighted by Crippen LogP contribution is -2.19. The van der Waals surface area contributed by atoms with Crippen LogP contribution in [0.15, 0.2) is 48.5 Å². The molecule has 0 aliphatic heterocycles. The van der Waals surface area contributed by atoms with Gasteiger partial charge in [-0.25, -0.2) is 13.2 Å². The molecule has 2 aromatic carbocycles. The molecule has 2 aromatic rings. The topological polar surface area (TPSA) is 119 Å². The van der Waals surface area contributed by atoms with Crippen molar-refractivity contribution in [2.24, 2.45) is 0 Å². The molecule has 0 saturated carbocycles. The number of benzene rings is 2. The van der Waals surface area contributed by atoms with Gasteiger partial charge >= 0.3 is 5.97 Å². The predicted molar refractivity (Wildman–Crippen MR) is 103 cm³/mol. The molecule has 0 spiro atoms. The molecule has 148 valence electrons. The van der Waals surface area contributed by atoms with E-state index in [1.807, 2.05) is 0 Å². The summed E-state index contributed by atoms with van der Waals surface area (Å²) >= 11 is 0. The molecule has 0 bridgehead atoms. The summed E-state index contributed by atoms with van der Waals surface area (Å²) in [4.78, 5) is 35.4. The summed E-state index contributed by atoms with van der Waals surface area (Å²) in [6.45, 7) is 1.27. The zero-order valence-electron chi connectivity index (χ0n) is 15.4. The number of esters is 1. The van der Waals surface area contributed by atoms with E-state index in [2.05, 4.69) is 10.0 Å². The van der Waals surface area contributed by atoms with E-state index in [0.717, 1.165) is 11.8 Å². The van der Waals surface area contributed by atoms with Gasteiger partial charge in [0, 0.05) is 19.0 Å². The van der Waals surface area contributed by atoms with Crippen LogP contribution in [0.2, 0.25) is 0 Å². The molecule has 0 saturated heterocycles. The molecule has 0 aromatic heterocycles. The number of Topliss-reactive ketones (excluding diaryl/α,β-unsaturated/α-hetero) is 1. The Labute approximate surface area is 163 Å². The summed E-state index contributed by atoms with van der Waals surface area (Å²) in [7, 11) is -3.57. The number of para-hydroxylation sites is 1. The summed E-state index contributed by atoms with van der Waals surface area (Å²) in [5, 5.41) is 2.65. The van der Waals surface area contributed by atoms with Gasteiger partial charge in [0.25, 0.3) is 0 Å². The van der Waals surface area contributed by atoms with Gasteiger partial charge < -0.3 is 10.1 Å². The number of rotatable bonds is 8. The quantitative estimate of drug-likeness (QED) is 0.511. The fraction of sp³-hybridized carbons (Fsp3) is 0.211. The molecule has 1 amide bonds. The first-order chi connectivity index (χ1) is 13.2.